The van der Waals surface area contributed by atoms with Gasteiger partial charge >= 0.3 is 0 Å². The Morgan fingerprint density at radius 3 is 1.22 bits per heavy atom. The van der Waals surface area contributed by atoms with Gasteiger partial charge in [0, 0.05) is 21.2 Å². The molecular formula is C13H10Cl4O. The highest BCUT2D eigenvalue weighted by atomic mass is 35.5. The Kier molecular flexibility index (Phi) is 7.34. The van der Waals surface area contributed by atoms with Crippen molar-refractivity contribution in [1.29, 1.82) is 0 Å². The number of rotatable bonds is 2. The van der Waals surface area contributed by atoms with E-state index in [0.29, 0.717) is 21.2 Å². The Bertz CT molecular complexity index is 458. The van der Waals surface area contributed by atoms with Crippen LogP contribution in [0.25, 0.3) is 0 Å². The number of ketones is 1. The lowest BCUT2D eigenvalue weighted by Crippen LogP contribution is -2.00. The largest absolute Gasteiger partial charge is 0.289 e. The molecule has 0 aliphatic rings. The van der Waals surface area contributed by atoms with Gasteiger partial charge in [0.1, 0.15) is 0 Å². The van der Waals surface area contributed by atoms with Crippen molar-refractivity contribution >= 4 is 53.8 Å². The molecule has 0 bridgehead atoms. The fourth-order valence-electron chi connectivity index (χ4n) is 1.37. The van der Waals surface area contributed by atoms with Crippen LogP contribution in [0, 0.1) is 0 Å². The standard InChI is InChI=1S/C13H8Cl2O.2ClH/c14-11-5-1-9(2-6-11)13(16)10-3-7-12(15)8-4-10;;/h1-8H;2*1H. The third kappa shape index (κ3) is 4.18. The van der Waals surface area contributed by atoms with Crippen molar-refractivity contribution in [2.45, 2.75) is 0 Å². The monoisotopic (exact) mass is 322 g/mol. The van der Waals surface area contributed by atoms with Gasteiger partial charge in [0.15, 0.2) is 5.78 Å². The number of hydrogen-bond donors (Lipinski definition) is 0. The van der Waals surface area contributed by atoms with Crippen molar-refractivity contribution in [3.05, 3.63) is 69.7 Å². The van der Waals surface area contributed by atoms with E-state index in [9.17, 15) is 4.79 Å². The second-order valence-corrected chi connectivity index (χ2v) is 4.22. The lowest BCUT2D eigenvalue weighted by Gasteiger charge is -2.01. The Labute approximate surface area is 128 Å². The molecule has 0 spiro atoms. The van der Waals surface area contributed by atoms with E-state index in [-0.39, 0.29) is 30.6 Å². The van der Waals surface area contributed by atoms with Crippen LogP contribution in [0.3, 0.4) is 0 Å². The summed E-state index contributed by atoms with van der Waals surface area (Å²) in [6.07, 6.45) is 0. The average molecular weight is 324 g/mol. The first-order valence-electron chi connectivity index (χ1n) is 4.72. The van der Waals surface area contributed by atoms with Gasteiger partial charge in [-0.3, -0.25) is 4.79 Å². The maximum Gasteiger partial charge on any atom is 0.193 e. The molecule has 0 aliphatic heterocycles. The Balaban J connectivity index is 0.00000144. The van der Waals surface area contributed by atoms with E-state index in [1.165, 1.54) is 0 Å². The van der Waals surface area contributed by atoms with Crippen LogP contribution < -0.4 is 0 Å². The Morgan fingerprint density at radius 2 is 0.944 bits per heavy atom. The van der Waals surface area contributed by atoms with Gasteiger partial charge < -0.3 is 0 Å². The zero-order valence-electron chi connectivity index (χ0n) is 9.10. The zero-order valence-corrected chi connectivity index (χ0v) is 12.2. The molecule has 18 heavy (non-hydrogen) atoms. The second kappa shape index (κ2) is 7.65. The molecule has 0 saturated carbocycles. The van der Waals surface area contributed by atoms with Crippen molar-refractivity contribution in [3.8, 4) is 0 Å². The number of carbonyl (C=O) groups excluding carboxylic acids is 1. The van der Waals surface area contributed by atoms with E-state index in [1.54, 1.807) is 48.5 Å². The van der Waals surface area contributed by atoms with Gasteiger partial charge in [0.05, 0.1) is 0 Å². The Hall–Kier alpha value is -0.730. The predicted octanol–water partition coefficient (Wildman–Crippen LogP) is 5.07. The molecule has 1 nitrogen and oxygen atoms in total. The molecule has 2 rings (SSSR count). The molecule has 0 N–H and O–H groups in total. The predicted molar refractivity (Wildman–Crippen MR) is 80.8 cm³/mol. The van der Waals surface area contributed by atoms with Crippen molar-refractivity contribution in [1.82, 2.24) is 0 Å². The van der Waals surface area contributed by atoms with Gasteiger partial charge in [-0.1, -0.05) is 23.2 Å². The molecule has 0 heterocycles. The second-order valence-electron chi connectivity index (χ2n) is 3.34. The SMILES string of the molecule is Cl.Cl.O=C(c1ccc(Cl)cc1)c1ccc(Cl)cc1. The number of hydrogen-bond acceptors (Lipinski definition) is 1. The third-order valence-corrected chi connectivity index (χ3v) is 2.72. The molecule has 0 radical (unpaired) electrons. The van der Waals surface area contributed by atoms with Crippen LogP contribution in [-0.4, -0.2) is 5.78 Å². The van der Waals surface area contributed by atoms with Gasteiger partial charge in [0.2, 0.25) is 0 Å². The van der Waals surface area contributed by atoms with E-state index in [4.69, 9.17) is 23.2 Å². The molecular weight excluding hydrogens is 314 g/mol. The molecule has 2 aromatic carbocycles. The van der Waals surface area contributed by atoms with Gasteiger partial charge in [-0.25, -0.2) is 0 Å². The molecule has 0 fully saturated rings. The van der Waals surface area contributed by atoms with Crippen LogP contribution in [0.1, 0.15) is 15.9 Å². The highest BCUT2D eigenvalue weighted by Gasteiger charge is 2.08. The highest BCUT2D eigenvalue weighted by molar-refractivity contribution is 6.31. The van der Waals surface area contributed by atoms with Crippen LogP contribution in [0.2, 0.25) is 10.0 Å². The summed E-state index contributed by atoms with van der Waals surface area (Å²) in [5.41, 5.74) is 1.23. The summed E-state index contributed by atoms with van der Waals surface area (Å²) in [5.74, 6) is -0.0340. The van der Waals surface area contributed by atoms with E-state index in [0.717, 1.165) is 0 Å². The third-order valence-electron chi connectivity index (χ3n) is 2.21. The number of carbonyl (C=O) groups is 1. The fourth-order valence-corrected chi connectivity index (χ4v) is 1.62. The molecule has 0 aromatic heterocycles. The maximum absolute atomic E-state index is 12.0. The molecule has 96 valence electrons. The normalized spacial score (nSPS) is 9.00. The first-order chi connectivity index (χ1) is 7.66. The number of halogens is 4. The topological polar surface area (TPSA) is 17.1 Å². The van der Waals surface area contributed by atoms with Crippen LogP contribution in [0.5, 0.6) is 0 Å². The number of benzene rings is 2. The maximum atomic E-state index is 12.0. The van der Waals surface area contributed by atoms with E-state index in [2.05, 4.69) is 0 Å². The zero-order chi connectivity index (χ0) is 11.5. The summed E-state index contributed by atoms with van der Waals surface area (Å²) in [5, 5.41) is 1.24. The van der Waals surface area contributed by atoms with Gasteiger partial charge in [-0.2, -0.15) is 0 Å². The summed E-state index contributed by atoms with van der Waals surface area (Å²) < 4.78 is 0. The van der Waals surface area contributed by atoms with Crippen LogP contribution in [-0.2, 0) is 0 Å². The average Bonchev–Trinajstić information content (AvgIpc) is 2.30. The molecule has 2 aromatic rings. The molecule has 0 unspecified atom stereocenters. The lowest BCUT2D eigenvalue weighted by atomic mass is 10.0. The highest BCUT2D eigenvalue weighted by Crippen LogP contribution is 2.15. The van der Waals surface area contributed by atoms with Gasteiger partial charge in [-0.05, 0) is 48.5 Å². The summed E-state index contributed by atoms with van der Waals surface area (Å²) >= 11 is 11.5. The fraction of sp³-hybridized carbons (Fsp3) is 0. The molecule has 0 aliphatic carbocycles. The van der Waals surface area contributed by atoms with E-state index < -0.39 is 0 Å². The van der Waals surface area contributed by atoms with Crippen molar-refractivity contribution < 1.29 is 4.79 Å². The van der Waals surface area contributed by atoms with Gasteiger partial charge in [-0.15, -0.1) is 24.8 Å². The van der Waals surface area contributed by atoms with E-state index in [1.807, 2.05) is 0 Å². The van der Waals surface area contributed by atoms with Crippen molar-refractivity contribution in [3.63, 3.8) is 0 Å². The minimum Gasteiger partial charge on any atom is -0.289 e. The first kappa shape index (κ1) is 17.3. The molecule has 0 saturated heterocycles. The minimum atomic E-state index is -0.0340. The quantitative estimate of drug-likeness (QED) is 0.705. The smallest absolute Gasteiger partial charge is 0.193 e. The van der Waals surface area contributed by atoms with Crippen LogP contribution in [0.4, 0.5) is 0 Å². The molecule has 5 heteroatoms. The van der Waals surface area contributed by atoms with Crippen molar-refractivity contribution in [2.75, 3.05) is 0 Å². The summed E-state index contributed by atoms with van der Waals surface area (Å²) in [6, 6.07) is 13.6. The summed E-state index contributed by atoms with van der Waals surface area (Å²) in [6.45, 7) is 0. The van der Waals surface area contributed by atoms with Gasteiger partial charge in [0.25, 0.3) is 0 Å². The summed E-state index contributed by atoms with van der Waals surface area (Å²) in [7, 11) is 0. The van der Waals surface area contributed by atoms with E-state index >= 15 is 0 Å². The first-order valence-corrected chi connectivity index (χ1v) is 5.48. The minimum absolute atomic E-state index is 0. The molecule has 0 amide bonds. The lowest BCUT2D eigenvalue weighted by molar-refractivity contribution is 0.103. The summed E-state index contributed by atoms with van der Waals surface area (Å²) in [4.78, 5) is 12.0. The van der Waals surface area contributed by atoms with Crippen molar-refractivity contribution in [2.24, 2.45) is 0 Å². The van der Waals surface area contributed by atoms with Crippen LogP contribution >= 0.6 is 48.0 Å². The molecule has 0 atom stereocenters. The van der Waals surface area contributed by atoms with Crippen LogP contribution in [0.15, 0.2) is 48.5 Å². The Morgan fingerprint density at radius 1 is 0.667 bits per heavy atom.